The molecule has 0 spiro atoms. The van der Waals surface area contributed by atoms with Gasteiger partial charge in [-0.15, -0.1) is 0 Å². The van der Waals surface area contributed by atoms with Gasteiger partial charge in [0.25, 0.3) is 15.9 Å². The maximum Gasteiger partial charge on any atom is 0.278 e. The molecule has 180 valence electrons. The first-order valence-electron chi connectivity index (χ1n) is 10.6. The molecule has 0 saturated carbocycles. The van der Waals surface area contributed by atoms with E-state index in [1.165, 1.54) is 31.4 Å². The summed E-state index contributed by atoms with van der Waals surface area (Å²) in [6.45, 7) is 7.52. The second-order valence-electron chi connectivity index (χ2n) is 8.85. The molecule has 0 saturated heterocycles. The number of hydrogen-bond donors (Lipinski definition) is 0. The van der Waals surface area contributed by atoms with Crippen molar-refractivity contribution in [1.82, 2.24) is 0 Å². The van der Waals surface area contributed by atoms with E-state index in [1.807, 2.05) is 39.8 Å². The third kappa shape index (κ3) is 5.80. The van der Waals surface area contributed by atoms with Gasteiger partial charge in [0.2, 0.25) is 0 Å². The third-order valence-electron chi connectivity index (χ3n) is 5.19. The minimum Gasteiger partial charge on any atom is -0.497 e. The number of benzene rings is 3. The summed E-state index contributed by atoms with van der Waals surface area (Å²) in [5.41, 5.74) is 1.76. The van der Waals surface area contributed by atoms with Gasteiger partial charge in [-0.1, -0.05) is 54.4 Å². The number of amides is 1. The molecule has 0 aliphatic heterocycles. The van der Waals surface area contributed by atoms with Crippen molar-refractivity contribution in [1.29, 1.82) is 0 Å². The number of rotatable bonds is 7. The predicted molar refractivity (Wildman–Crippen MR) is 137 cm³/mol. The lowest BCUT2D eigenvalue weighted by molar-refractivity contribution is -0.119. The summed E-state index contributed by atoms with van der Waals surface area (Å²) in [4.78, 5) is 13.4. The Kier molecular flexibility index (Phi) is 7.73. The third-order valence-corrected chi connectivity index (χ3v) is 7.45. The molecule has 8 heteroatoms. The topological polar surface area (TPSA) is 72.9 Å². The van der Waals surface area contributed by atoms with Crippen LogP contribution in [0.4, 0.5) is 5.69 Å². The average molecular weight is 546 g/mol. The van der Waals surface area contributed by atoms with Gasteiger partial charge in [-0.25, -0.2) is 8.42 Å². The summed E-state index contributed by atoms with van der Waals surface area (Å²) >= 11 is 3.47. The van der Waals surface area contributed by atoms with Crippen LogP contribution in [-0.2, 0) is 20.2 Å². The monoisotopic (exact) mass is 545 g/mol. The molecule has 3 rings (SSSR count). The minimum absolute atomic E-state index is 0.0151. The van der Waals surface area contributed by atoms with Crippen molar-refractivity contribution >= 4 is 37.5 Å². The predicted octanol–water partition coefficient (Wildman–Crippen LogP) is 5.86. The van der Waals surface area contributed by atoms with E-state index in [0.717, 1.165) is 19.9 Å². The van der Waals surface area contributed by atoms with E-state index < -0.39 is 22.5 Å². The molecular formula is C26H28BrNO5S. The van der Waals surface area contributed by atoms with E-state index in [0.29, 0.717) is 11.5 Å². The highest BCUT2D eigenvalue weighted by atomic mass is 79.9. The summed E-state index contributed by atoms with van der Waals surface area (Å²) in [5, 5.41) is 0. The zero-order valence-corrected chi connectivity index (χ0v) is 22.2. The van der Waals surface area contributed by atoms with Crippen molar-refractivity contribution in [3.8, 4) is 11.5 Å². The van der Waals surface area contributed by atoms with Gasteiger partial charge in [0.1, 0.15) is 11.5 Å². The fraction of sp³-hybridized carbons (Fsp3) is 0.269. The smallest absolute Gasteiger partial charge is 0.278 e. The van der Waals surface area contributed by atoms with Crippen LogP contribution in [0.25, 0.3) is 0 Å². The molecule has 0 heterocycles. The molecule has 0 bridgehead atoms. The second-order valence-corrected chi connectivity index (χ2v) is 11.6. The molecular weight excluding hydrogens is 518 g/mol. The molecule has 0 fully saturated rings. The highest BCUT2D eigenvalue weighted by molar-refractivity contribution is 9.10. The molecule has 1 amide bonds. The molecule has 34 heavy (non-hydrogen) atoms. The number of carbonyl (C=O) groups is 1. The van der Waals surface area contributed by atoms with Crippen molar-refractivity contribution in [3.63, 3.8) is 0 Å². The zero-order chi connectivity index (χ0) is 25.1. The van der Waals surface area contributed by atoms with E-state index in [1.54, 1.807) is 30.3 Å². The van der Waals surface area contributed by atoms with E-state index in [-0.39, 0.29) is 16.0 Å². The van der Waals surface area contributed by atoms with Gasteiger partial charge >= 0.3 is 0 Å². The molecule has 3 aromatic carbocycles. The van der Waals surface area contributed by atoms with E-state index in [4.69, 9.17) is 9.47 Å². The Morgan fingerprint density at radius 3 is 2.15 bits per heavy atom. The van der Waals surface area contributed by atoms with Crippen LogP contribution in [0.1, 0.15) is 31.9 Å². The first-order valence-corrected chi connectivity index (χ1v) is 12.9. The Hall–Kier alpha value is -2.84. The van der Waals surface area contributed by atoms with E-state index in [9.17, 15) is 13.2 Å². The molecule has 0 aliphatic rings. The zero-order valence-electron chi connectivity index (χ0n) is 19.8. The molecule has 0 aromatic heterocycles. The Morgan fingerprint density at radius 2 is 1.59 bits per heavy atom. The lowest BCUT2D eigenvalue weighted by atomic mass is 9.86. The van der Waals surface area contributed by atoms with Crippen LogP contribution < -0.4 is 13.8 Å². The van der Waals surface area contributed by atoms with Gasteiger partial charge in [0, 0.05) is 10.0 Å². The maximum absolute atomic E-state index is 13.5. The lowest BCUT2D eigenvalue weighted by Gasteiger charge is -2.25. The highest BCUT2D eigenvalue weighted by Crippen LogP contribution is 2.34. The van der Waals surface area contributed by atoms with Gasteiger partial charge in [0.15, 0.2) is 6.61 Å². The second kappa shape index (κ2) is 10.2. The number of hydrogen-bond acceptors (Lipinski definition) is 5. The number of methoxy groups -OCH3 is 1. The molecule has 6 nitrogen and oxygen atoms in total. The summed E-state index contributed by atoms with van der Waals surface area (Å²) in [5.74, 6) is 0.352. The van der Waals surface area contributed by atoms with Gasteiger partial charge in [-0.3, -0.25) is 4.79 Å². The molecule has 0 N–H and O–H groups in total. The number of carbonyl (C=O) groups excluding carboxylic acids is 1. The SMILES string of the molecule is COc1ccc(N(C(=O)COc2ccc(Br)cc2C(C)(C)C)S(=O)(=O)c2ccc(C)cc2)cc1. The van der Waals surface area contributed by atoms with Crippen LogP contribution in [0.2, 0.25) is 0 Å². The van der Waals surface area contributed by atoms with Gasteiger partial charge in [-0.2, -0.15) is 4.31 Å². The van der Waals surface area contributed by atoms with E-state index in [2.05, 4.69) is 15.9 Å². The molecule has 0 unspecified atom stereocenters. The quantitative estimate of drug-likeness (QED) is 0.371. The normalized spacial score (nSPS) is 11.7. The fourth-order valence-electron chi connectivity index (χ4n) is 3.36. The largest absolute Gasteiger partial charge is 0.497 e. The molecule has 0 atom stereocenters. The van der Waals surface area contributed by atoms with Crippen molar-refractivity contribution in [2.24, 2.45) is 0 Å². The van der Waals surface area contributed by atoms with Crippen LogP contribution >= 0.6 is 15.9 Å². The Bertz CT molecular complexity index is 1260. The number of aryl methyl sites for hydroxylation is 1. The molecule has 3 aromatic rings. The summed E-state index contributed by atoms with van der Waals surface area (Å²) in [6, 6.07) is 18.2. The minimum atomic E-state index is -4.18. The van der Waals surface area contributed by atoms with Crippen molar-refractivity contribution in [2.45, 2.75) is 38.0 Å². The standard InChI is InChI=1S/C26H28BrNO5S/c1-18-6-13-22(14-7-18)34(30,31)28(20-9-11-21(32-5)12-10-20)25(29)17-33-24-15-8-19(27)16-23(24)26(2,3)4/h6-16H,17H2,1-5H3. The highest BCUT2D eigenvalue weighted by Gasteiger charge is 2.32. The van der Waals surface area contributed by atoms with Crippen LogP contribution in [0.5, 0.6) is 11.5 Å². The number of nitrogens with zero attached hydrogens (tertiary/aromatic N) is 1. The number of sulfonamides is 1. The van der Waals surface area contributed by atoms with Crippen molar-refractivity contribution in [2.75, 3.05) is 18.0 Å². The Balaban J connectivity index is 1.98. The van der Waals surface area contributed by atoms with Gasteiger partial charge < -0.3 is 9.47 Å². The number of halogens is 1. The number of anilines is 1. The van der Waals surface area contributed by atoms with Crippen LogP contribution in [-0.4, -0.2) is 28.0 Å². The van der Waals surface area contributed by atoms with E-state index >= 15 is 0 Å². The lowest BCUT2D eigenvalue weighted by Crippen LogP contribution is -2.40. The molecule has 0 radical (unpaired) electrons. The average Bonchev–Trinajstić information content (AvgIpc) is 2.78. The first kappa shape index (κ1) is 25.8. The summed E-state index contributed by atoms with van der Waals surface area (Å²) in [7, 11) is -2.67. The number of ether oxygens (including phenoxy) is 2. The van der Waals surface area contributed by atoms with Crippen LogP contribution in [0.3, 0.4) is 0 Å². The Labute approximate surface area is 209 Å². The Morgan fingerprint density at radius 1 is 0.971 bits per heavy atom. The summed E-state index contributed by atoms with van der Waals surface area (Å²) in [6.07, 6.45) is 0. The first-order chi connectivity index (χ1) is 15.9. The van der Waals surface area contributed by atoms with Crippen molar-refractivity contribution < 1.29 is 22.7 Å². The van der Waals surface area contributed by atoms with Gasteiger partial charge in [0.05, 0.1) is 17.7 Å². The van der Waals surface area contributed by atoms with Crippen LogP contribution in [0.15, 0.2) is 76.1 Å². The van der Waals surface area contributed by atoms with Crippen molar-refractivity contribution in [3.05, 3.63) is 82.3 Å². The summed E-state index contributed by atoms with van der Waals surface area (Å²) < 4.78 is 39.8. The molecule has 0 aliphatic carbocycles. The fourth-order valence-corrected chi connectivity index (χ4v) is 5.13. The maximum atomic E-state index is 13.5. The van der Waals surface area contributed by atoms with Crippen LogP contribution in [0, 0.1) is 6.92 Å². The van der Waals surface area contributed by atoms with Gasteiger partial charge in [-0.05, 0) is 66.9 Å².